The zero-order valence-electron chi connectivity index (χ0n) is 17.6. The molecule has 2 unspecified atom stereocenters. The number of hydrogen-bond donors (Lipinski definition) is 1. The van der Waals surface area contributed by atoms with Crippen molar-refractivity contribution in [1.82, 2.24) is 4.90 Å². The van der Waals surface area contributed by atoms with Gasteiger partial charge in [-0.1, -0.05) is 67.2 Å². The van der Waals surface area contributed by atoms with Crippen LogP contribution < -0.4 is 0 Å². The first-order chi connectivity index (χ1) is 13.7. The number of rotatable bonds is 4. The maximum Gasteiger partial charge on any atom is 0.410 e. The molecule has 2 aromatic carbocycles. The Bertz CT molecular complexity index is 841. The number of carbonyl (C=O) groups is 1. The third-order valence-corrected chi connectivity index (χ3v) is 5.27. The molecule has 0 spiro atoms. The van der Waals surface area contributed by atoms with Gasteiger partial charge in [-0.15, -0.1) is 0 Å². The van der Waals surface area contributed by atoms with Gasteiger partial charge >= 0.3 is 6.09 Å². The zero-order chi connectivity index (χ0) is 21.1. The molecule has 29 heavy (non-hydrogen) atoms. The maximum absolute atomic E-state index is 13.0. The summed E-state index contributed by atoms with van der Waals surface area (Å²) in [5.74, 6) is 0. The smallest absolute Gasteiger partial charge is 0.410 e. The summed E-state index contributed by atoms with van der Waals surface area (Å²) in [5.41, 5.74) is 1.05. The molecule has 0 radical (unpaired) electrons. The largest absolute Gasteiger partial charge is 0.444 e. The van der Waals surface area contributed by atoms with Gasteiger partial charge in [-0.25, -0.2) is 4.79 Å². The summed E-state index contributed by atoms with van der Waals surface area (Å²) in [6.07, 6.45) is 1.30. The van der Waals surface area contributed by atoms with Crippen LogP contribution in [0.25, 0.3) is 5.57 Å². The molecule has 3 rings (SSSR count). The van der Waals surface area contributed by atoms with E-state index in [1.165, 1.54) is 0 Å². The number of amides is 1. The van der Waals surface area contributed by atoms with Crippen LogP contribution in [0, 0.1) is 0 Å². The molecule has 1 fully saturated rings. The van der Waals surface area contributed by atoms with Crippen LogP contribution in [0.5, 0.6) is 0 Å². The summed E-state index contributed by atoms with van der Waals surface area (Å²) in [4.78, 5) is 14.7. The monoisotopic (exact) mass is 393 g/mol. The van der Waals surface area contributed by atoms with Crippen LogP contribution in [-0.2, 0) is 4.74 Å². The zero-order valence-corrected chi connectivity index (χ0v) is 17.6. The summed E-state index contributed by atoms with van der Waals surface area (Å²) in [6.45, 7) is 10.3. The molecule has 1 aliphatic heterocycles. The number of hydrogen-bond acceptors (Lipinski definition) is 3. The van der Waals surface area contributed by atoms with Gasteiger partial charge in [0.2, 0.25) is 0 Å². The van der Waals surface area contributed by atoms with Crippen LogP contribution in [0.3, 0.4) is 0 Å². The molecule has 1 amide bonds. The molecular formula is C25H31NO3. The Balaban J connectivity index is 1.95. The van der Waals surface area contributed by atoms with Crippen molar-refractivity contribution < 1.29 is 14.6 Å². The van der Waals surface area contributed by atoms with Gasteiger partial charge in [0.1, 0.15) is 5.60 Å². The standard InChI is InChI=1S/C25H31NO3/c1-19(20-12-7-5-8-13-20)18-25(28)16-11-17-26(23(27)29-24(2,3)4)22(25)21-14-9-6-10-15-21/h5-10,12-15,22,28H,1,11,16-18H2,2-4H3. The first kappa shape index (κ1) is 21.1. The summed E-state index contributed by atoms with van der Waals surface area (Å²) in [5, 5.41) is 11.8. The highest BCUT2D eigenvalue weighted by atomic mass is 16.6. The molecular weight excluding hydrogens is 362 g/mol. The SMILES string of the molecule is C=C(CC1(O)CCCN(C(=O)OC(C)(C)C)C1c1ccccc1)c1ccccc1. The van der Waals surface area contributed by atoms with Gasteiger partial charge < -0.3 is 9.84 Å². The molecule has 1 heterocycles. The Labute approximate surface area is 173 Å². The first-order valence-electron chi connectivity index (χ1n) is 10.2. The molecule has 0 saturated carbocycles. The fraction of sp³-hybridized carbons (Fsp3) is 0.400. The highest BCUT2D eigenvalue weighted by Crippen LogP contribution is 2.44. The summed E-state index contributed by atoms with van der Waals surface area (Å²) < 4.78 is 5.67. The number of likely N-dealkylation sites (tertiary alicyclic amines) is 1. The molecule has 0 bridgehead atoms. The lowest BCUT2D eigenvalue weighted by molar-refractivity contribution is -0.0828. The van der Waals surface area contributed by atoms with Crippen LogP contribution in [0.2, 0.25) is 0 Å². The average molecular weight is 394 g/mol. The number of aliphatic hydroxyl groups is 1. The lowest BCUT2D eigenvalue weighted by atomic mass is 9.76. The van der Waals surface area contributed by atoms with Gasteiger partial charge in [0.25, 0.3) is 0 Å². The molecule has 2 atom stereocenters. The summed E-state index contributed by atoms with van der Waals surface area (Å²) >= 11 is 0. The molecule has 1 saturated heterocycles. The Morgan fingerprint density at radius 1 is 1.14 bits per heavy atom. The Morgan fingerprint density at radius 3 is 2.31 bits per heavy atom. The van der Waals surface area contributed by atoms with Gasteiger partial charge in [0.05, 0.1) is 11.6 Å². The van der Waals surface area contributed by atoms with Gasteiger partial charge in [-0.2, -0.15) is 0 Å². The number of benzene rings is 2. The van der Waals surface area contributed by atoms with Crippen molar-refractivity contribution >= 4 is 11.7 Å². The minimum Gasteiger partial charge on any atom is -0.444 e. The Hall–Kier alpha value is -2.59. The van der Waals surface area contributed by atoms with E-state index in [0.29, 0.717) is 25.8 Å². The minimum atomic E-state index is -1.12. The first-order valence-corrected chi connectivity index (χ1v) is 10.2. The molecule has 154 valence electrons. The van der Waals surface area contributed by atoms with E-state index in [4.69, 9.17) is 4.74 Å². The average Bonchev–Trinajstić information content (AvgIpc) is 2.67. The second kappa shape index (κ2) is 8.42. The predicted molar refractivity (Wildman–Crippen MR) is 116 cm³/mol. The topological polar surface area (TPSA) is 49.8 Å². The number of carbonyl (C=O) groups excluding carboxylic acids is 1. The second-order valence-electron chi connectivity index (χ2n) is 8.84. The normalized spacial score (nSPS) is 22.2. The molecule has 0 aromatic heterocycles. The molecule has 1 aliphatic rings. The van der Waals surface area contributed by atoms with E-state index in [1.54, 1.807) is 4.90 Å². The Morgan fingerprint density at radius 2 is 1.72 bits per heavy atom. The van der Waals surface area contributed by atoms with Crippen molar-refractivity contribution in [3.8, 4) is 0 Å². The molecule has 0 aliphatic carbocycles. The molecule has 1 N–H and O–H groups in total. The van der Waals surface area contributed by atoms with Crippen molar-refractivity contribution in [2.45, 2.75) is 57.3 Å². The van der Waals surface area contributed by atoms with E-state index in [2.05, 4.69) is 6.58 Å². The van der Waals surface area contributed by atoms with E-state index in [-0.39, 0.29) is 0 Å². The third-order valence-electron chi connectivity index (χ3n) is 5.27. The van der Waals surface area contributed by atoms with E-state index < -0.39 is 23.3 Å². The fourth-order valence-corrected chi connectivity index (χ4v) is 4.08. The second-order valence-corrected chi connectivity index (χ2v) is 8.84. The van der Waals surface area contributed by atoms with E-state index >= 15 is 0 Å². The van der Waals surface area contributed by atoms with Crippen molar-refractivity contribution in [3.05, 3.63) is 78.4 Å². The lowest BCUT2D eigenvalue weighted by Crippen LogP contribution is -2.53. The van der Waals surface area contributed by atoms with Gasteiger partial charge in [-0.3, -0.25) is 4.90 Å². The van der Waals surface area contributed by atoms with Crippen molar-refractivity contribution in [2.75, 3.05) is 6.54 Å². The Kier molecular flexibility index (Phi) is 6.13. The van der Waals surface area contributed by atoms with Gasteiger partial charge in [0.15, 0.2) is 0 Å². The molecule has 4 heteroatoms. The van der Waals surface area contributed by atoms with Crippen molar-refractivity contribution in [3.63, 3.8) is 0 Å². The van der Waals surface area contributed by atoms with Gasteiger partial charge in [0, 0.05) is 13.0 Å². The lowest BCUT2D eigenvalue weighted by Gasteiger charge is -2.47. The maximum atomic E-state index is 13.0. The van der Waals surface area contributed by atoms with Crippen LogP contribution in [-0.4, -0.2) is 33.8 Å². The summed E-state index contributed by atoms with van der Waals surface area (Å²) in [7, 11) is 0. The van der Waals surface area contributed by atoms with E-state index in [1.807, 2.05) is 81.4 Å². The number of ether oxygens (including phenoxy) is 1. The van der Waals surface area contributed by atoms with Crippen molar-refractivity contribution in [1.29, 1.82) is 0 Å². The third kappa shape index (κ3) is 5.07. The van der Waals surface area contributed by atoms with Crippen LogP contribution in [0.1, 0.15) is 57.2 Å². The quantitative estimate of drug-likeness (QED) is 0.736. The van der Waals surface area contributed by atoms with Crippen LogP contribution in [0.15, 0.2) is 67.2 Å². The number of nitrogens with zero attached hydrogens (tertiary/aromatic N) is 1. The number of piperidine rings is 1. The van der Waals surface area contributed by atoms with Crippen LogP contribution in [0.4, 0.5) is 4.79 Å². The molecule has 4 nitrogen and oxygen atoms in total. The highest BCUT2D eigenvalue weighted by Gasteiger charge is 2.47. The molecule has 2 aromatic rings. The van der Waals surface area contributed by atoms with E-state index in [9.17, 15) is 9.90 Å². The fourth-order valence-electron chi connectivity index (χ4n) is 4.08. The summed E-state index contributed by atoms with van der Waals surface area (Å²) in [6, 6.07) is 19.1. The van der Waals surface area contributed by atoms with Crippen molar-refractivity contribution in [2.24, 2.45) is 0 Å². The van der Waals surface area contributed by atoms with E-state index in [0.717, 1.165) is 16.7 Å². The van der Waals surface area contributed by atoms with Crippen LogP contribution >= 0.6 is 0 Å². The minimum absolute atomic E-state index is 0.385. The van der Waals surface area contributed by atoms with Gasteiger partial charge in [-0.05, 0) is 50.3 Å². The highest BCUT2D eigenvalue weighted by molar-refractivity contribution is 5.70. The predicted octanol–water partition coefficient (Wildman–Crippen LogP) is 5.59.